The van der Waals surface area contributed by atoms with E-state index in [9.17, 15) is 5.11 Å². The summed E-state index contributed by atoms with van der Waals surface area (Å²) in [6, 6.07) is 0.335. The van der Waals surface area contributed by atoms with Crippen LogP contribution in [-0.4, -0.2) is 29.2 Å². The summed E-state index contributed by atoms with van der Waals surface area (Å²) in [6.07, 6.45) is 6.39. The van der Waals surface area contributed by atoms with E-state index in [-0.39, 0.29) is 6.61 Å². The van der Waals surface area contributed by atoms with E-state index in [2.05, 4.69) is 37.8 Å². The van der Waals surface area contributed by atoms with Gasteiger partial charge in [-0.1, -0.05) is 19.9 Å². The molecule has 3 nitrogen and oxygen atoms in total. The van der Waals surface area contributed by atoms with Crippen molar-refractivity contribution in [2.24, 2.45) is 11.7 Å². The number of hydrogen-bond donors (Lipinski definition) is 2. The van der Waals surface area contributed by atoms with Crippen molar-refractivity contribution in [1.29, 1.82) is 0 Å². The molecule has 0 saturated carbocycles. The molecule has 2 unspecified atom stereocenters. The number of hydrogen-bond acceptors (Lipinski definition) is 3. The monoisotopic (exact) mass is 248 g/mol. The summed E-state index contributed by atoms with van der Waals surface area (Å²) in [5, 5.41) is 9.29. The van der Waals surface area contributed by atoms with Gasteiger partial charge in [0.05, 0.1) is 12.6 Å². The second-order valence-electron chi connectivity index (χ2n) is 5.08. The molecular weight excluding hydrogens is 224 g/mol. The predicted octanol–water partition coefficient (Wildman–Crippen LogP) is 2.16. The van der Waals surface area contributed by atoms with Crippen molar-refractivity contribution in [1.82, 2.24) is 4.90 Å². The van der Waals surface area contributed by atoms with Crippen molar-refractivity contribution < 1.29 is 5.11 Å². The zero-order chi connectivity index (χ0) is 13.3. The average Bonchev–Trinajstić information content (AvgIpc) is 2.65. The fraction of sp³-hybridized carbons (Fsp3) is 0.600. The highest BCUT2D eigenvalue weighted by Gasteiger charge is 2.39. The molecule has 0 aromatic rings. The molecule has 0 aromatic carbocycles. The normalized spacial score (nSPS) is 27.2. The Morgan fingerprint density at radius 3 is 2.67 bits per heavy atom. The van der Waals surface area contributed by atoms with E-state index < -0.39 is 0 Å². The number of nitrogens with zero attached hydrogens (tertiary/aromatic N) is 1. The molecule has 2 atom stereocenters. The first-order valence-electron chi connectivity index (χ1n) is 6.91. The van der Waals surface area contributed by atoms with Gasteiger partial charge in [0, 0.05) is 29.4 Å². The van der Waals surface area contributed by atoms with Gasteiger partial charge in [-0.05, 0) is 31.4 Å². The zero-order valence-electron chi connectivity index (χ0n) is 11.6. The van der Waals surface area contributed by atoms with E-state index in [1.165, 1.54) is 16.8 Å². The van der Waals surface area contributed by atoms with Crippen LogP contribution in [0.3, 0.4) is 0 Å². The molecule has 1 aliphatic heterocycles. The Balaban J connectivity index is 2.47. The van der Waals surface area contributed by atoms with Crippen molar-refractivity contribution in [2.45, 2.75) is 39.7 Å². The van der Waals surface area contributed by atoms with Gasteiger partial charge in [0.1, 0.15) is 0 Å². The lowest BCUT2D eigenvalue weighted by Gasteiger charge is -2.35. The van der Waals surface area contributed by atoms with Crippen molar-refractivity contribution >= 4 is 0 Å². The molecule has 2 aliphatic rings. The molecule has 0 bridgehead atoms. The summed E-state index contributed by atoms with van der Waals surface area (Å²) in [5.74, 6) is 0.498. The number of aliphatic hydroxyl groups excluding tert-OH is 1. The van der Waals surface area contributed by atoms with E-state index in [4.69, 9.17) is 5.73 Å². The minimum Gasteiger partial charge on any atom is -0.398 e. The first kappa shape index (κ1) is 13.2. The van der Waals surface area contributed by atoms with Crippen LogP contribution in [0.15, 0.2) is 34.7 Å². The Hall–Kier alpha value is -1.22. The standard InChI is InChI=1S/C15H24N2O/c1-4-11-6-7-13(16)14-12(5-2)10(3)17(8-9-18)15(11)14/h6-7,11,15,18H,4-5,8-9,16H2,1-3H3. The van der Waals surface area contributed by atoms with Gasteiger partial charge in [-0.15, -0.1) is 0 Å². The second-order valence-corrected chi connectivity index (χ2v) is 5.08. The van der Waals surface area contributed by atoms with E-state index in [1.54, 1.807) is 0 Å². The van der Waals surface area contributed by atoms with E-state index in [1.807, 2.05) is 0 Å². The van der Waals surface area contributed by atoms with Gasteiger partial charge >= 0.3 is 0 Å². The third-order valence-electron chi connectivity index (χ3n) is 4.23. The molecule has 3 heteroatoms. The van der Waals surface area contributed by atoms with Crippen molar-refractivity contribution in [3.63, 3.8) is 0 Å². The summed E-state index contributed by atoms with van der Waals surface area (Å²) < 4.78 is 0. The van der Waals surface area contributed by atoms with Crippen LogP contribution >= 0.6 is 0 Å². The molecule has 100 valence electrons. The maximum atomic E-state index is 9.29. The molecule has 3 N–H and O–H groups in total. The van der Waals surface area contributed by atoms with Crippen LogP contribution in [0.2, 0.25) is 0 Å². The topological polar surface area (TPSA) is 49.5 Å². The molecule has 0 saturated heterocycles. The van der Waals surface area contributed by atoms with Gasteiger partial charge in [-0.25, -0.2) is 0 Å². The third kappa shape index (κ3) is 1.87. The minimum atomic E-state index is 0.193. The maximum Gasteiger partial charge on any atom is 0.0626 e. The molecule has 0 fully saturated rings. The van der Waals surface area contributed by atoms with Crippen LogP contribution in [0.4, 0.5) is 0 Å². The average molecular weight is 248 g/mol. The molecule has 1 heterocycles. The molecule has 0 aromatic heterocycles. The van der Waals surface area contributed by atoms with Gasteiger partial charge in [0.15, 0.2) is 0 Å². The van der Waals surface area contributed by atoms with Gasteiger partial charge in [-0.2, -0.15) is 0 Å². The predicted molar refractivity (Wildman–Crippen MR) is 74.7 cm³/mol. The Morgan fingerprint density at radius 1 is 1.39 bits per heavy atom. The largest absolute Gasteiger partial charge is 0.398 e. The van der Waals surface area contributed by atoms with Gasteiger partial charge in [0.2, 0.25) is 0 Å². The molecule has 1 aliphatic carbocycles. The summed E-state index contributed by atoms with van der Waals surface area (Å²) >= 11 is 0. The summed E-state index contributed by atoms with van der Waals surface area (Å²) in [6.45, 7) is 7.43. The van der Waals surface area contributed by atoms with E-state index in [0.29, 0.717) is 18.5 Å². The molecule has 0 amide bonds. The SMILES string of the molecule is CCC1=C(C)N(CCO)C2C1=C(N)C=CC2CC. The Kier molecular flexibility index (Phi) is 3.81. The van der Waals surface area contributed by atoms with Crippen LogP contribution in [0, 0.1) is 5.92 Å². The first-order chi connectivity index (χ1) is 8.65. The van der Waals surface area contributed by atoms with Gasteiger partial charge in [-0.3, -0.25) is 0 Å². The lowest BCUT2D eigenvalue weighted by molar-refractivity contribution is 0.188. The van der Waals surface area contributed by atoms with Gasteiger partial charge < -0.3 is 15.7 Å². The number of fused-ring (bicyclic) bond motifs is 1. The highest BCUT2D eigenvalue weighted by atomic mass is 16.3. The zero-order valence-corrected chi connectivity index (χ0v) is 11.6. The summed E-state index contributed by atoms with van der Waals surface area (Å²) in [4.78, 5) is 2.33. The van der Waals surface area contributed by atoms with Crippen LogP contribution in [0.25, 0.3) is 0 Å². The molecule has 0 spiro atoms. The number of β-amino-alcohol motifs (C(OH)–C–C–N with tert-alkyl or cyclic N) is 1. The lowest BCUT2D eigenvalue weighted by Crippen LogP contribution is -2.39. The van der Waals surface area contributed by atoms with E-state index >= 15 is 0 Å². The molecular formula is C15H24N2O. The number of rotatable bonds is 4. The third-order valence-corrected chi connectivity index (χ3v) is 4.23. The number of aliphatic hydroxyl groups is 1. The highest BCUT2D eigenvalue weighted by molar-refractivity contribution is 5.52. The van der Waals surface area contributed by atoms with Crippen LogP contribution in [-0.2, 0) is 0 Å². The fourth-order valence-electron chi connectivity index (χ4n) is 3.34. The van der Waals surface area contributed by atoms with Crippen LogP contribution < -0.4 is 5.73 Å². The minimum absolute atomic E-state index is 0.193. The smallest absolute Gasteiger partial charge is 0.0626 e. The maximum absolute atomic E-state index is 9.29. The summed E-state index contributed by atoms with van der Waals surface area (Å²) in [5.41, 5.74) is 11.1. The quantitative estimate of drug-likeness (QED) is 0.801. The first-order valence-corrected chi connectivity index (χ1v) is 6.91. The number of nitrogens with two attached hydrogens (primary N) is 1. The fourth-order valence-corrected chi connectivity index (χ4v) is 3.34. The molecule has 18 heavy (non-hydrogen) atoms. The van der Waals surface area contributed by atoms with Crippen molar-refractivity contribution in [3.05, 3.63) is 34.7 Å². The van der Waals surface area contributed by atoms with Crippen LogP contribution in [0.5, 0.6) is 0 Å². The molecule has 0 radical (unpaired) electrons. The van der Waals surface area contributed by atoms with E-state index in [0.717, 1.165) is 18.5 Å². The Morgan fingerprint density at radius 2 is 2.11 bits per heavy atom. The Bertz CT molecular complexity index is 420. The lowest BCUT2D eigenvalue weighted by atomic mass is 9.83. The Labute approximate surface area is 110 Å². The summed E-state index contributed by atoms with van der Waals surface area (Å²) in [7, 11) is 0. The van der Waals surface area contributed by atoms with Crippen LogP contribution in [0.1, 0.15) is 33.6 Å². The second kappa shape index (κ2) is 5.19. The number of allylic oxidation sites excluding steroid dienone is 2. The van der Waals surface area contributed by atoms with Crippen molar-refractivity contribution in [2.75, 3.05) is 13.2 Å². The van der Waals surface area contributed by atoms with Gasteiger partial charge in [0.25, 0.3) is 0 Å². The molecule has 2 rings (SSSR count). The highest BCUT2D eigenvalue weighted by Crippen LogP contribution is 2.42. The van der Waals surface area contributed by atoms with Crippen molar-refractivity contribution in [3.8, 4) is 0 Å².